The molecule has 0 aromatic carbocycles. The summed E-state index contributed by atoms with van der Waals surface area (Å²) in [6, 6.07) is -4.39. The van der Waals surface area contributed by atoms with Gasteiger partial charge in [-0.2, -0.15) is 0 Å². The second-order valence-corrected chi connectivity index (χ2v) is 12.2. The molecular formula is C23H39N5O5S2. The quantitative estimate of drug-likeness (QED) is 0.327. The number of nitrogens with one attached hydrogen (secondary N) is 5. The minimum Gasteiger partial charge on any atom is -0.342 e. The molecule has 0 aliphatic carbocycles. The van der Waals surface area contributed by atoms with Crippen molar-refractivity contribution in [1.82, 2.24) is 26.6 Å². The van der Waals surface area contributed by atoms with Gasteiger partial charge in [-0.05, 0) is 17.8 Å². The molecule has 2 saturated heterocycles. The first-order valence-electron chi connectivity index (χ1n) is 12.3. The largest absolute Gasteiger partial charge is 0.342 e. The van der Waals surface area contributed by atoms with Crippen molar-refractivity contribution in [3.05, 3.63) is 0 Å². The van der Waals surface area contributed by atoms with E-state index in [9.17, 15) is 24.0 Å². The summed E-state index contributed by atoms with van der Waals surface area (Å²) in [6.07, 6.45) is 1.24. The highest BCUT2D eigenvalue weighted by molar-refractivity contribution is 8.76. The fraction of sp³-hybridized carbons (Fsp3) is 0.783. The van der Waals surface area contributed by atoms with Crippen LogP contribution in [0.25, 0.3) is 0 Å². The Morgan fingerprint density at radius 3 is 1.37 bits per heavy atom. The number of fused-ring (bicyclic) bond motifs is 3. The van der Waals surface area contributed by atoms with Crippen LogP contribution in [0.1, 0.15) is 54.4 Å². The number of hydrogen-bond acceptors (Lipinski definition) is 7. The molecule has 0 unspecified atom stereocenters. The van der Waals surface area contributed by atoms with Crippen molar-refractivity contribution in [2.45, 2.75) is 84.6 Å². The van der Waals surface area contributed by atoms with Crippen molar-refractivity contribution in [2.75, 3.05) is 11.5 Å². The number of rotatable bonds is 5. The first kappa shape index (κ1) is 29.3. The Labute approximate surface area is 215 Å². The lowest BCUT2D eigenvalue weighted by molar-refractivity contribution is -0.135. The highest BCUT2D eigenvalue weighted by atomic mass is 33.1. The summed E-state index contributed by atoms with van der Waals surface area (Å²) in [6.45, 7) is 11.1. The average molecular weight is 530 g/mol. The fourth-order valence-electron chi connectivity index (χ4n) is 3.81. The van der Waals surface area contributed by atoms with Crippen molar-refractivity contribution in [3.8, 4) is 0 Å². The molecule has 0 radical (unpaired) electrons. The van der Waals surface area contributed by atoms with Gasteiger partial charge in [0, 0.05) is 11.5 Å². The van der Waals surface area contributed by atoms with E-state index in [4.69, 9.17) is 0 Å². The number of amides is 5. The Morgan fingerprint density at radius 2 is 0.943 bits per heavy atom. The zero-order chi connectivity index (χ0) is 26.3. The van der Waals surface area contributed by atoms with E-state index in [2.05, 4.69) is 26.6 Å². The van der Waals surface area contributed by atoms with Gasteiger partial charge in [-0.25, -0.2) is 0 Å². The van der Waals surface area contributed by atoms with Gasteiger partial charge in [-0.1, -0.05) is 76.0 Å². The summed E-state index contributed by atoms with van der Waals surface area (Å²) < 4.78 is 0. The minimum absolute atomic E-state index is 0.207. The van der Waals surface area contributed by atoms with Crippen LogP contribution in [-0.4, -0.2) is 71.3 Å². The van der Waals surface area contributed by atoms with Crippen molar-refractivity contribution >= 4 is 51.1 Å². The maximum absolute atomic E-state index is 13.4. The van der Waals surface area contributed by atoms with Crippen molar-refractivity contribution in [2.24, 2.45) is 17.8 Å². The first-order chi connectivity index (χ1) is 16.5. The van der Waals surface area contributed by atoms with Gasteiger partial charge >= 0.3 is 0 Å². The van der Waals surface area contributed by atoms with E-state index in [1.54, 1.807) is 13.8 Å². The summed E-state index contributed by atoms with van der Waals surface area (Å²) in [5.74, 6) is -2.41. The van der Waals surface area contributed by atoms with E-state index in [1.165, 1.54) is 21.6 Å². The van der Waals surface area contributed by atoms with Gasteiger partial charge in [0.15, 0.2) is 0 Å². The predicted molar refractivity (Wildman–Crippen MR) is 138 cm³/mol. The maximum atomic E-state index is 13.4. The van der Waals surface area contributed by atoms with Crippen molar-refractivity contribution in [3.63, 3.8) is 0 Å². The van der Waals surface area contributed by atoms with Crippen LogP contribution in [0.4, 0.5) is 0 Å². The third-order valence-corrected chi connectivity index (χ3v) is 9.07. The second kappa shape index (κ2) is 13.4. The lowest BCUT2D eigenvalue weighted by Crippen LogP contribution is -2.60. The van der Waals surface area contributed by atoms with Gasteiger partial charge in [0.25, 0.3) is 0 Å². The molecule has 0 saturated carbocycles. The summed E-state index contributed by atoms with van der Waals surface area (Å²) in [5.41, 5.74) is 0. The standard InChI is InChI=1S/C23H39N5O5S2/c1-7-12(5)17-23(33)28-18(13(6)8-2)22(32)26-16(11(3)4)21(31)25-14-9-34-35-10-15(20(30)27-17)24-19(14)29/h11-18H,7-10H2,1-6H3,(H,24,29)(H,25,31)(H,26,32)(H,27,30)(H,28,33)/t12-,13+,14+,15+,16-,17-,18+/m0/s1. The molecule has 12 heteroatoms. The normalized spacial score (nSPS) is 30.9. The Hall–Kier alpha value is -1.95. The summed E-state index contributed by atoms with van der Waals surface area (Å²) in [4.78, 5) is 65.9. The molecule has 5 N–H and O–H groups in total. The van der Waals surface area contributed by atoms with Crippen LogP contribution in [0.5, 0.6) is 0 Å². The number of carbonyl (C=O) groups excluding carboxylic acids is 5. The van der Waals surface area contributed by atoms with Gasteiger partial charge in [0.2, 0.25) is 29.5 Å². The third kappa shape index (κ3) is 7.77. The van der Waals surface area contributed by atoms with Gasteiger partial charge in [0.05, 0.1) is 0 Å². The highest BCUT2D eigenvalue weighted by Crippen LogP contribution is 2.25. The van der Waals surface area contributed by atoms with Crippen LogP contribution in [-0.2, 0) is 24.0 Å². The molecule has 2 aliphatic rings. The topological polar surface area (TPSA) is 146 Å². The van der Waals surface area contributed by atoms with Crippen LogP contribution in [0.3, 0.4) is 0 Å². The van der Waals surface area contributed by atoms with Crippen molar-refractivity contribution in [1.29, 1.82) is 0 Å². The predicted octanol–water partition coefficient (Wildman–Crippen LogP) is 0.567. The lowest BCUT2D eigenvalue weighted by atomic mass is 9.94. The highest BCUT2D eigenvalue weighted by Gasteiger charge is 2.38. The molecule has 7 atom stereocenters. The van der Waals surface area contributed by atoms with Gasteiger partial charge < -0.3 is 26.6 Å². The molecule has 2 rings (SSSR count). The molecule has 35 heavy (non-hydrogen) atoms. The molecule has 2 fully saturated rings. The number of hydrogen-bond donors (Lipinski definition) is 5. The third-order valence-electron chi connectivity index (χ3n) is 6.65. The minimum atomic E-state index is -0.895. The second-order valence-electron chi connectivity index (χ2n) is 9.67. The SMILES string of the molecule is CC[C@@H](C)[C@H]1NC(=O)[C@H]([C@@H](C)CC)NC(=O)[C@H]2CSSC[C@@H](NC(=O)[C@H](C(C)C)NC1=O)C(=O)N2. The molecular weight excluding hydrogens is 490 g/mol. The van der Waals surface area contributed by atoms with Gasteiger partial charge in [-0.3, -0.25) is 24.0 Å². The number of carbonyl (C=O) groups is 5. The van der Waals surface area contributed by atoms with Gasteiger partial charge in [0.1, 0.15) is 30.2 Å². The Morgan fingerprint density at radius 1 is 0.600 bits per heavy atom. The van der Waals surface area contributed by atoms with Crippen LogP contribution < -0.4 is 26.6 Å². The average Bonchev–Trinajstić information content (AvgIpc) is 2.81. The van der Waals surface area contributed by atoms with Crippen LogP contribution >= 0.6 is 21.6 Å². The van der Waals surface area contributed by atoms with Gasteiger partial charge in [-0.15, -0.1) is 0 Å². The smallest absolute Gasteiger partial charge is 0.244 e. The van der Waals surface area contributed by atoms with E-state index >= 15 is 0 Å². The van der Waals surface area contributed by atoms with E-state index in [1.807, 2.05) is 27.7 Å². The summed E-state index contributed by atoms with van der Waals surface area (Å²) >= 11 is 0. The van der Waals surface area contributed by atoms with E-state index in [0.29, 0.717) is 24.3 Å². The molecule has 0 aromatic heterocycles. The molecule has 2 bridgehead atoms. The molecule has 5 amide bonds. The summed E-state index contributed by atoms with van der Waals surface area (Å²) in [5, 5.41) is 13.9. The Kier molecular flexibility index (Phi) is 11.2. The lowest BCUT2D eigenvalue weighted by Gasteiger charge is -2.30. The molecule has 0 aromatic rings. The Bertz CT molecular complexity index is 811. The van der Waals surface area contributed by atoms with Crippen molar-refractivity contribution < 1.29 is 24.0 Å². The molecule has 198 valence electrons. The van der Waals surface area contributed by atoms with E-state index in [-0.39, 0.29) is 17.8 Å². The van der Waals surface area contributed by atoms with E-state index < -0.39 is 59.7 Å². The monoisotopic (exact) mass is 529 g/mol. The zero-order valence-electron chi connectivity index (χ0n) is 21.3. The zero-order valence-corrected chi connectivity index (χ0v) is 22.9. The summed E-state index contributed by atoms with van der Waals surface area (Å²) in [7, 11) is 2.80. The maximum Gasteiger partial charge on any atom is 0.244 e. The van der Waals surface area contributed by atoms with Crippen LogP contribution in [0, 0.1) is 17.8 Å². The molecule has 2 heterocycles. The Balaban J connectivity index is 2.51. The molecule has 0 spiro atoms. The van der Waals surface area contributed by atoms with Crippen LogP contribution in [0.2, 0.25) is 0 Å². The first-order valence-corrected chi connectivity index (χ1v) is 14.7. The van der Waals surface area contributed by atoms with E-state index in [0.717, 1.165) is 0 Å². The molecule has 2 aliphatic heterocycles. The fourth-order valence-corrected chi connectivity index (χ4v) is 6.14. The van der Waals surface area contributed by atoms with Crippen LogP contribution in [0.15, 0.2) is 0 Å². The molecule has 10 nitrogen and oxygen atoms in total.